The van der Waals surface area contributed by atoms with Crippen LogP contribution in [0.3, 0.4) is 0 Å². The van der Waals surface area contributed by atoms with Gasteiger partial charge >= 0.3 is 0 Å². The summed E-state index contributed by atoms with van der Waals surface area (Å²) in [6.45, 7) is 2.39. The van der Waals surface area contributed by atoms with E-state index in [1.54, 1.807) is 6.33 Å². The number of fused-ring (bicyclic) bond motifs is 2. The Labute approximate surface area is 119 Å². The number of nitrogens with one attached hydrogen (secondary N) is 2. The van der Waals surface area contributed by atoms with Gasteiger partial charge < -0.3 is 15.2 Å². The summed E-state index contributed by atoms with van der Waals surface area (Å²) in [5.41, 5.74) is 0.928. The van der Waals surface area contributed by atoms with Crippen molar-refractivity contribution in [1.82, 2.24) is 20.3 Å². The molecule has 1 aliphatic carbocycles. The molecule has 3 heterocycles. The lowest BCUT2D eigenvalue weighted by molar-refractivity contribution is 0.494. The standard InChI is InChI=1S/C14H19N5.CH4/c1-19(11-4-9-6-15-7-10(9)5-11)14-12-2-3-16-13(12)17-8-18-14;/h2-3,8-11,15H,4-7H2,1H3,(H,16,17,18);1H4/t9-,10+,11?;. The average Bonchev–Trinajstić information content (AvgIpc) is 3.11. The first-order valence-electron chi connectivity index (χ1n) is 7.04. The lowest BCUT2D eigenvalue weighted by Crippen LogP contribution is -2.31. The summed E-state index contributed by atoms with van der Waals surface area (Å²) in [6.07, 6.45) is 6.15. The second kappa shape index (κ2) is 5.05. The number of aromatic amines is 1. The van der Waals surface area contributed by atoms with Gasteiger partial charge in [-0.2, -0.15) is 0 Å². The number of rotatable bonds is 2. The van der Waals surface area contributed by atoms with E-state index in [0.717, 1.165) is 28.7 Å². The largest absolute Gasteiger partial charge is 0.356 e. The van der Waals surface area contributed by atoms with E-state index in [9.17, 15) is 0 Å². The van der Waals surface area contributed by atoms with Crippen LogP contribution in [-0.4, -0.2) is 41.1 Å². The van der Waals surface area contributed by atoms with E-state index in [1.807, 2.05) is 6.20 Å². The Morgan fingerprint density at radius 3 is 2.70 bits per heavy atom. The monoisotopic (exact) mass is 273 g/mol. The Kier molecular flexibility index (Phi) is 3.38. The van der Waals surface area contributed by atoms with Crippen LogP contribution in [0, 0.1) is 11.8 Å². The van der Waals surface area contributed by atoms with Crippen molar-refractivity contribution in [2.75, 3.05) is 25.0 Å². The highest BCUT2D eigenvalue weighted by Crippen LogP contribution is 2.38. The summed E-state index contributed by atoms with van der Waals surface area (Å²) < 4.78 is 0. The highest BCUT2D eigenvalue weighted by atomic mass is 15.2. The lowest BCUT2D eigenvalue weighted by atomic mass is 10.0. The normalized spacial score (nSPS) is 28.4. The minimum absolute atomic E-state index is 0. The lowest BCUT2D eigenvalue weighted by Gasteiger charge is -2.26. The minimum atomic E-state index is 0. The fourth-order valence-electron chi connectivity index (χ4n) is 3.76. The molecule has 2 fully saturated rings. The fraction of sp³-hybridized carbons (Fsp3) is 0.600. The molecule has 4 rings (SSSR count). The number of aromatic nitrogens is 3. The molecule has 1 aliphatic heterocycles. The maximum atomic E-state index is 4.50. The molecule has 2 aliphatic rings. The SMILES string of the molecule is C.CN(c1ncnc2[nH]ccc12)C1C[C@H]2CNC[C@H]2C1. The van der Waals surface area contributed by atoms with Gasteiger partial charge in [-0.25, -0.2) is 9.97 Å². The molecule has 0 amide bonds. The van der Waals surface area contributed by atoms with Gasteiger partial charge in [0.1, 0.15) is 17.8 Å². The van der Waals surface area contributed by atoms with Crippen molar-refractivity contribution >= 4 is 16.9 Å². The predicted molar refractivity (Wildman–Crippen MR) is 81.9 cm³/mol. The highest BCUT2D eigenvalue weighted by molar-refractivity contribution is 5.87. The van der Waals surface area contributed by atoms with Crippen LogP contribution in [-0.2, 0) is 0 Å². The molecule has 0 radical (unpaired) electrons. The zero-order valence-corrected chi connectivity index (χ0v) is 11.1. The minimum Gasteiger partial charge on any atom is -0.356 e. The van der Waals surface area contributed by atoms with E-state index in [4.69, 9.17) is 0 Å². The Bertz CT molecular complexity index is 581. The molecule has 0 aromatic carbocycles. The van der Waals surface area contributed by atoms with E-state index < -0.39 is 0 Å². The number of H-pyrrole nitrogens is 1. The zero-order valence-electron chi connectivity index (χ0n) is 11.1. The molecule has 5 heteroatoms. The van der Waals surface area contributed by atoms with Crippen molar-refractivity contribution in [3.63, 3.8) is 0 Å². The quantitative estimate of drug-likeness (QED) is 0.879. The van der Waals surface area contributed by atoms with Gasteiger partial charge in [0, 0.05) is 19.3 Å². The molecule has 2 N–H and O–H groups in total. The van der Waals surface area contributed by atoms with Gasteiger partial charge in [0.25, 0.3) is 0 Å². The average molecular weight is 273 g/mol. The summed E-state index contributed by atoms with van der Waals surface area (Å²) in [7, 11) is 2.17. The molecule has 2 aromatic heterocycles. The molecule has 5 nitrogen and oxygen atoms in total. The van der Waals surface area contributed by atoms with E-state index in [1.165, 1.54) is 25.9 Å². The molecule has 1 unspecified atom stereocenters. The third-order valence-electron chi connectivity index (χ3n) is 4.84. The van der Waals surface area contributed by atoms with Gasteiger partial charge in [0.2, 0.25) is 0 Å². The first-order chi connectivity index (χ1) is 9.33. The molecule has 20 heavy (non-hydrogen) atoms. The van der Waals surface area contributed by atoms with Crippen LogP contribution >= 0.6 is 0 Å². The predicted octanol–water partition coefficient (Wildman–Crippen LogP) is 2.03. The number of hydrogen-bond donors (Lipinski definition) is 2. The second-order valence-electron chi connectivity index (χ2n) is 5.85. The Hall–Kier alpha value is -1.62. The van der Waals surface area contributed by atoms with Gasteiger partial charge in [-0.05, 0) is 43.8 Å². The molecule has 0 bridgehead atoms. The molecular weight excluding hydrogens is 250 g/mol. The fourth-order valence-corrected chi connectivity index (χ4v) is 3.76. The van der Waals surface area contributed by atoms with Crippen LogP contribution in [0.2, 0.25) is 0 Å². The first kappa shape index (κ1) is 13.4. The van der Waals surface area contributed by atoms with E-state index in [2.05, 4.69) is 38.3 Å². The van der Waals surface area contributed by atoms with Crippen molar-refractivity contribution in [3.8, 4) is 0 Å². The molecule has 0 spiro atoms. The van der Waals surface area contributed by atoms with E-state index >= 15 is 0 Å². The maximum absolute atomic E-state index is 4.50. The first-order valence-corrected chi connectivity index (χ1v) is 7.04. The van der Waals surface area contributed by atoms with Gasteiger partial charge in [-0.3, -0.25) is 0 Å². The number of anilines is 1. The van der Waals surface area contributed by atoms with Crippen molar-refractivity contribution in [1.29, 1.82) is 0 Å². The number of hydrogen-bond acceptors (Lipinski definition) is 4. The van der Waals surface area contributed by atoms with Crippen LogP contribution in [0.4, 0.5) is 5.82 Å². The third kappa shape index (κ3) is 1.97. The van der Waals surface area contributed by atoms with Crippen LogP contribution in [0.1, 0.15) is 20.3 Å². The molecular formula is C15H23N5. The molecule has 108 valence electrons. The summed E-state index contributed by atoms with van der Waals surface area (Å²) in [6, 6.07) is 2.68. The van der Waals surface area contributed by atoms with E-state index in [-0.39, 0.29) is 7.43 Å². The third-order valence-corrected chi connectivity index (χ3v) is 4.84. The van der Waals surface area contributed by atoms with Crippen molar-refractivity contribution < 1.29 is 0 Å². The summed E-state index contributed by atoms with van der Waals surface area (Å²) in [5, 5.41) is 4.63. The summed E-state index contributed by atoms with van der Waals surface area (Å²) >= 11 is 0. The van der Waals surface area contributed by atoms with Crippen molar-refractivity contribution in [3.05, 3.63) is 18.6 Å². The Morgan fingerprint density at radius 2 is 1.95 bits per heavy atom. The van der Waals surface area contributed by atoms with Gasteiger partial charge in [0.05, 0.1) is 5.39 Å². The topological polar surface area (TPSA) is 56.8 Å². The van der Waals surface area contributed by atoms with Gasteiger partial charge in [-0.15, -0.1) is 0 Å². The van der Waals surface area contributed by atoms with Gasteiger partial charge in [-0.1, -0.05) is 7.43 Å². The van der Waals surface area contributed by atoms with Crippen LogP contribution in [0.15, 0.2) is 18.6 Å². The summed E-state index contributed by atoms with van der Waals surface area (Å²) in [5.74, 6) is 2.77. The maximum Gasteiger partial charge on any atom is 0.142 e. The molecule has 3 atom stereocenters. The van der Waals surface area contributed by atoms with Crippen LogP contribution in [0.25, 0.3) is 11.0 Å². The highest BCUT2D eigenvalue weighted by Gasteiger charge is 2.39. The molecule has 1 saturated heterocycles. The van der Waals surface area contributed by atoms with Crippen molar-refractivity contribution in [2.24, 2.45) is 11.8 Å². The molecule has 2 aromatic rings. The zero-order chi connectivity index (χ0) is 12.8. The van der Waals surface area contributed by atoms with Gasteiger partial charge in [0.15, 0.2) is 0 Å². The van der Waals surface area contributed by atoms with Crippen molar-refractivity contribution in [2.45, 2.75) is 26.3 Å². The van der Waals surface area contributed by atoms with Crippen LogP contribution in [0.5, 0.6) is 0 Å². The Balaban J connectivity index is 0.00000121. The summed E-state index contributed by atoms with van der Waals surface area (Å²) in [4.78, 5) is 14.3. The van der Waals surface area contributed by atoms with Crippen LogP contribution < -0.4 is 10.2 Å². The Morgan fingerprint density at radius 1 is 1.20 bits per heavy atom. The second-order valence-corrected chi connectivity index (χ2v) is 5.85. The molecule has 1 saturated carbocycles. The smallest absolute Gasteiger partial charge is 0.142 e. The van der Waals surface area contributed by atoms with E-state index in [0.29, 0.717) is 6.04 Å². The number of nitrogens with zero attached hydrogens (tertiary/aromatic N) is 3.